The quantitative estimate of drug-likeness (QED) is 0.906. The first-order valence-corrected chi connectivity index (χ1v) is 9.56. The molecule has 1 aromatic heterocycles. The molecular weight excluding hydrogens is 338 g/mol. The van der Waals surface area contributed by atoms with Crippen molar-refractivity contribution in [3.63, 3.8) is 0 Å². The Morgan fingerprint density at radius 3 is 2.76 bits per heavy atom. The van der Waals surface area contributed by atoms with E-state index < -0.39 is 0 Å². The van der Waals surface area contributed by atoms with Crippen molar-refractivity contribution < 1.29 is 9.47 Å². The Balaban J connectivity index is 1.42. The van der Waals surface area contributed by atoms with E-state index >= 15 is 0 Å². The lowest BCUT2D eigenvalue weighted by molar-refractivity contribution is -0.0123. The maximum atomic E-state index is 6.60. The first-order chi connectivity index (χ1) is 12.3. The summed E-state index contributed by atoms with van der Waals surface area (Å²) in [5.74, 6) is 0. The summed E-state index contributed by atoms with van der Waals surface area (Å²) in [6, 6.07) is 8.23. The number of halogens is 1. The van der Waals surface area contributed by atoms with Gasteiger partial charge in [0.1, 0.15) is 0 Å². The molecule has 0 spiro atoms. The zero-order valence-corrected chi connectivity index (χ0v) is 15.3. The van der Waals surface area contributed by atoms with Crippen LogP contribution in [0.2, 0.25) is 5.02 Å². The highest BCUT2D eigenvalue weighted by Gasteiger charge is 2.23. The molecule has 2 saturated heterocycles. The molecule has 1 aromatic carbocycles. The molecule has 3 heterocycles. The van der Waals surface area contributed by atoms with E-state index in [1.165, 1.54) is 0 Å². The lowest BCUT2D eigenvalue weighted by Gasteiger charge is -2.31. The van der Waals surface area contributed by atoms with Crippen molar-refractivity contribution in [1.29, 1.82) is 0 Å². The van der Waals surface area contributed by atoms with Crippen molar-refractivity contribution in [2.24, 2.45) is 0 Å². The van der Waals surface area contributed by atoms with Gasteiger partial charge in [0.25, 0.3) is 0 Å². The number of rotatable bonds is 4. The maximum absolute atomic E-state index is 6.60. The fourth-order valence-electron chi connectivity index (χ4n) is 3.79. The molecule has 0 amide bonds. The van der Waals surface area contributed by atoms with Gasteiger partial charge >= 0.3 is 0 Å². The van der Waals surface area contributed by atoms with Crippen LogP contribution in [0.3, 0.4) is 0 Å². The molecule has 0 unspecified atom stereocenters. The predicted octanol–water partition coefficient (Wildman–Crippen LogP) is 2.74. The molecule has 5 nitrogen and oxygen atoms in total. The topological polar surface area (TPSA) is 40.7 Å². The summed E-state index contributed by atoms with van der Waals surface area (Å²) in [7, 11) is 0. The van der Waals surface area contributed by atoms with Crippen LogP contribution in [0.25, 0.3) is 10.9 Å². The second kappa shape index (κ2) is 8.06. The Hall–Kier alpha value is -1.11. The minimum Gasteiger partial charge on any atom is -0.379 e. The van der Waals surface area contributed by atoms with Crippen molar-refractivity contribution in [1.82, 2.24) is 14.8 Å². The van der Waals surface area contributed by atoms with E-state index in [4.69, 9.17) is 21.1 Å². The molecule has 2 aromatic rings. The molecule has 2 aliphatic heterocycles. The summed E-state index contributed by atoms with van der Waals surface area (Å²) >= 11 is 6.60. The number of aromatic amines is 1. The largest absolute Gasteiger partial charge is 0.379 e. The summed E-state index contributed by atoms with van der Waals surface area (Å²) < 4.78 is 11.5. The molecule has 0 aliphatic carbocycles. The van der Waals surface area contributed by atoms with E-state index in [0.29, 0.717) is 0 Å². The average Bonchev–Trinajstić information content (AvgIpc) is 2.80. The van der Waals surface area contributed by atoms with Crippen LogP contribution in [-0.2, 0) is 16.0 Å². The van der Waals surface area contributed by atoms with Gasteiger partial charge < -0.3 is 14.5 Å². The van der Waals surface area contributed by atoms with Gasteiger partial charge in [0.05, 0.1) is 24.3 Å². The van der Waals surface area contributed by atoms with Crippen LogP contribution in [0.1, 0.15) is 12.1 Å². The smallest absolute Gasteiger partial charge is 0.0828 e. The number of aromatic nitrogens is 1. The molecule has 2 aliphatic rings. The third kappa shape index (κ3) is 4.18. The van der Waals surface area contributed by atoms with Crippen LogP contribution in [-0.4, -0.2) is 73.4 Å². The second-order valence-electron chi connectivity index (χ2n) is 6.96. The summed E-state index contributed by atoms with van der Waals surface area (Å²) in [4.78, 5) is 8.41. The van der Waals surface area contributed by atoms with Gasteiger partial charge in [-0.1, -0.05) is 29.8 Å². The van der Waals surface area contributed by atoms with Crippen LogP contribution in [0, 0.1) is 0 Å². The van der Waals surface area contributed by atoms with E-state index in [-0.39, 0.29) is 6.10 Å². The molecular formula is C19H26ClN3O2. The minimum atomic E-state index is 0.253. The predicted molar refractivity (Wildman–Crippen MR) is 100 cm³/mol. The SMILES string of the molecule is Clc1c(CN2CCCO[C@H](CN3CCOCC3)C2)[nH]c2ccccc12. The third-order valence-electron chi connectivity index (χ3n) is 5.10. The van der Waals surface area contributed by atoms with Crippen molar-refractivity contribution in [3.05, 3.63) is 35.0 Å². The van der Waals surface area contributed by atoms with Gasteiger partial charge in [-0.15, -0.1) is 0 Å². The normalized spacial score (nSPS) is 23.8. The Morgan fingerprint density at radius 1 is 1.08 bits per heavy atom. The average molecular weight is 364 g/mol. The molecule has 0 radical (unpaired) electrons. The summed E-state index contributed by atoms with van der Waals surface area (Å²) in [6.07, 6.45) is 1.32. The van der Waals surface area contributed by atoms with E-state index in [1.54, 1.807) is 0 Å². The molecule has 0 saturated carbocycles. The van der Waals surface area contributed by atoms with Gasteiger partial charge in [-0.2, -0.15) is 0 Å². The number of H-pyrrole nitrogens is 1. The van der Waals surface area contributed by atoms with Crippen LogP contribution in [0.15, 0.2) is 24.3 Å². The fraction of sp³-hybridized carbons (Fsp3) is 0.579. The maximum Gasteiger partial charge on any atom is 0.0828 e. The molecule has 136 valence electrons. The van der Waals surface area contributed by atoms with Gasteiger partial charge in [-0.05, 0) is 12.5 Å². The monoisotopic (exact) mass is 363 g/mol. The minimum absolute atomic E-state index is 0.253. The molecule has 4 rings (SSSR count). The van der Waals surface area contributed by atoms with E-state index in [0.717, 1.165) is 87.1 Å². The van der Waals surface area contributed by atoms with Crippen molar-refractivity contribution in [3.8, 4) is 0 Å². The summed E-state index contributed by atoms with van der Waals surface area (Å²) in [5.41, 5.74) is 2.22. The molecule has 0 bridgehead atoms. The van der Waals surface area contributed by atoms with Crippen molar-refractivity contribution in [2.45, 2.75) is 19.1 Å². The van der Waals surface area contributed by atoms with Gasteiger partial charge in [0, 0.05) is 62.5 Å². The Labute approximate surface area is 153 Å². The van der Waals surface area contributed by atoms with E-state index in [2.05, 4.69) is 26.9 Å². The van der Waals surface area contributed by atoms with Gasteiger partial charge in [0.15, 0.2) is 0 Å². The number of para-hydroxylation sites is 1. The Kier molecular flexibility index (Phi) is 5.58. The van der Waals surface area contributed by atoms with Crippen molar-refractivity contribution >= 4 is 22.5 Å². The van der Waals surface area contributed by atoms with Gasteiger partial charge in [-0.25, -0.2) is 0 Å². The highest BCUT2D eigenvalue weighted by Crippen LogP contribution is 2.28. The van der Waals surface area contributed by atoms with E-state index in [1.807, 2.05) is 12.1 Å². The lowest BCUT2D eigenvalue weighted by atomic mass is 10.2. The lowest BCUT2D eigenvalue weighted by Crippen LogP contribution is -2.44. The highest BCUT2D eigenvalue weighted by molar-refractivity contribution is 6.36. The van der Waals surface area contributed by atoms with Crippen LogP contribution < -0.4 is 0 Å². The first kappa shape index (κ1) is 17.3. The number of ether oxygens (including phenoxy) is 2. The molecule has 6 heteroatoms. The first-order valence-electron chi connectivity index (χ1n) is 9.19. The van der Waals surface area contributed by atoms with Crippen LogP contribution >= 0.6 is 11.6 Å². The van der Waals surface area contributed by atoms with Crippen molar-refractivity contribution in [2.75, 3.05) is 52.5 Å². The molecule has 1 N–H and O–H groups in total. The summed E-state index contributed by atoms with van der Waals surface area (Å²) in [5, 5.41) is 1.96. The highest BCUT2D eigenvalue weighted by atomic mass is 35.5. The number of nitrogens with one attached hydrogen (secondary N) is 1. The standard InChI is InChI=1S/C19H26ClN3O2/c20-19-16-4-1-2-5-17(16)21-18(19)14-23-6-3-9-25-15(13-23)12-22-7-10-24-11-8-22/h1-2,4-5,15,21H,3,6-14H2/t15-/m1/s1. The zero-order valence-electron chi connectivity index (χ0n) is 14.5. The molecule has 2 fully saturated rings. The molecule has 1 atom stereocenters. The number of benzene rings is 1. The zero-order chi connectivity index (χ0) is 17.1. The van der Waals surface area contributed by atoms with Gasteiger partial charge in [-0.3, -0.25) is 9.80 Å². The summed E-state index contributed by atoms with van der Waals surface area (Å²) in [6.45, 7) is 8.35. The van der Waals surface area contributed by atoms with Crippen LogP contribution in [0.5, 0.6) is 0 Å². The van der Waals surface area contributed by atoms with E-state index in [9.17, 15) is 0 Å². The van der Waals surface area contributed by atoms with Gasteiger partial charge in [0.2, 0.25) is 0 Å². The third-order valence-corrected chi connectivity index (χ3v) is 5.53. The second-order valence-corrected chi connectivity index (χ2v) is 7.34. The fourth-order valence-corrected chi connectivity index (χ4v) is 4.06. The number of hydrogen-bond donors (Lipinski definition) is 1. The Bertz CT molecular complexity index is 699. The van der Waals surface area contributed by atoms with Crippen LogP contribution in [0.4, 0.5) is 0 Å². The Morgan fingerprint density at radius 2 is 1.92 bits per heavy atom. The number of nitrogens with zero attached hydrogens (tertiary/aromatic N) is 2. The number of hydrogen-bond acceptors (Lipinski definition) is 4. The number of fused-ring (bicyclic) bond motifs is 1. The number of morpholine rings is 1. The molecule has 25 heavy (non-hydrogen) atoms.